The van der Waals surface area contributed by atoms with Gasteiger partial charge in [-0.1, -0.05) is 10.3 Å². The van der Waals surface area contributed by atoms with E-state index in [2.05, 4.69) is 10.3 Å². The first-order valence-electron chi connectivity index (χ1n) is 9.98. The van der Waals surface area contributed by atoms with E-state index in [1.165, 1.54) is 0 Å². The third kappa shape index (κ3) is 4.24. The maximum Gasteiger partial charge on any atom is 0.417 e. The molecule has 0 bridgehead atoms. The fourth-order valence-electron chi connectivity index (χ4n) is 4.22. The quantitative estimate of drug-likeness (QED) is 0.535. The van der Waals surface area contributed by atoms with Crippen LogP contribution in [0.2, 0.25) is 0 Å². The van der Waals surface area contributed by atoms with Gasteiger partial charge in [0, 0.05) is 38.1 Å². The summed E-state index contributed by atoms with van der Waals surface area (Å²) in [7, 11) is 3.82. The number of carbonyl (C=O) groups is 2. The highest BCUT2D eigenvalue weighted by atomic mass is 16.6. The van der Waals surface area contributed by atoms with Gasteiger partial charge < -0.3 is 18.5 Å². The summed E-state index contributed by atoms with van der Waals surface area (Å²) < 4.78 is 21.4. The van der Waals surface area contributed by atoms with Crippen LogP contribution in [0, 0.1) is 13.8 Å². The standard InChI is InChI=1S/C20H26N4O6/c1-11-5-17(29-21-11)15-7-13(9-23(15)3)27-19(25)20(26)28-14-8-16(24(4)10-14)18-6-12(2)22-30-18/h5-6,13-16H,7-10H2,1-4H3. The van der Waals surface area contributed by atoms with Crippen molar-refractivity contribution in [2.24, 2.45) is 0 Å². The van der Waals surface area contributed by atoms with Crippen molar-refractivity contribution in [3.63, 3.8) is 0 Å². The zero-order valence-electron chi connectivity index (χ0n) is 17.5. The van der Waals surface area contributed by atoms with Gasteiger partial charge in [0.2, 0.25) is 0 Å². The molecule has 2 saturated heterocycles. The van der Waals surface area contributed by atoms with Gasteiger partial charge in [0.15, 0.2) is 11.5 Å². The highest BCUT2D eigenvalue weighted by Gasteiger charge is 2.39. The van der Waals surface area contributed by atoms with Crippen LogP contribution in [0.25, 0.3) is 0 Å². The van der Waals surface area contributed by atoms with Gasteiger partial charge in [-0.3, -0.25) is 9.80 Å². The van der Waals surface area contributed by atoms with E-state index in [1.807, 2.05) is 49.9 Å². The molecule has 2 aliphatic rings. The van der Waals surface area contributed by atoms with Crippen LogP contribution in [0.3, 0.4) is 0 Å². The molecule has 0 radical (unpaired) electrons. The second-order valence-corrected chi connectivity index (χ2v) is 8.18. The van der Waals surface area contributed by atoms with E-state index in [-0.39, 0.29) is 12.1 Å². The molecule has 0 aliphatic carbocycles. The van der Waals surface area contributed by atoms with Crippen LogP contribution < -0.4 is 0 Å². The van der Waals surface area contributed by atoms with Gasteiger partial charge >= 0.3 is 11.9 Å². The summed E-state index contributed by atoms with van der Waals surface area (Å²) in [5.41, 5.74) is 1.59. The monoisotopic (exact) mass is 418 g/mol. The van der Waals surface area contributed by atoms with Crippen molar-refractivity contribution in [2.75, 3.05) is 27.2 Å². The Labute approximate surface area is 174 Å². The van der Waals surface area contributed by atoms with Crippen LogP contribution in [-0.2, 0) is 19.1 Å². The van der Waals surface area contributed by atoms with Gasteiger partial charge in [0.1, 0.15) is 12.2 Å². The lowest BCUT2D eigenvalue weighted by molar-refractivity contribution is -0.173. The van der Waals surface area contributed by atoms with Gasteiger partial charge in [-0.2, -0.15) is 0 Å². The summed E-state index contributed by atoms with van der Waals surface area (Å²) >= 11 is 0. The number of rotatable bonds is 4. The Morgan fingerprint density at radius 2 is 1.27 bits per heavy atom. The Morgan fingerprint density at radius 3 is 1.60 bits per heavy atom. The molecule has 0 aromatic carbocycles. The van der Waals surface area contributed by atoms with Crippen LogP contribution in [0.15, 0.2) is 21.2 Å². The molecule has 0 spiro atoms. The maximum absolute atomic E-state index is 12.3. The van der Waals surface area contributed by atoms with Gasteiger partial charge in [-0.25, -0.2) is 9.59 Å². The molecule has 2 fully saturated rings. The highest BCUT2D eigenvalue weighted by molar-refractivity contribution is 6.29. The molecule has 0 N–H and O–H groups in total. The number of hydrogen-bond acceptors (Lipinski definition) is 10. The Kier molecular flexibility index (Phi) is 5.61. The number of carbonyl (C=O) groups excluding carboxylic acids is 2. The number of likely N-dealkylation sites (N-methyl/N-ethyl adjacent to an activating group) is 2. The van der Waals surface area contributed by atoms with Gasteiger partial charge in [0.25, 0.3) is 0 Å². The molecule has 10 nitrogen and oxygen atoms in total. The number of aryl methyl sites for hydroxylation is 2. The van der Waals surface area contributed by atoms with Crippen LogP contribution in [0.1, 0.15) is 47.8 Å². The van der Waals surface area contributed by atoms with Crippen LogP contribution in [0.5, 0.6) is 0 Å². The molecule has 2 aromatic heterocycles. The first-order valence-corrected chi connectivity index (χ1v) is 9.98. The number of esters is 2. The highest BCUT2D eigenvalue weighted by Crippen LogP contribution is 2.34. The number of ether oxygens (including phenoxy) is 2. The van der Waals surface area contributed by atoms with Crippen molar-refractivity contribution in [3.05, 3.63) is 35.0 Å². The minimum absolute atomic E-state index is 0.0466. The number of aromatic nitrogens is 2. The normalized spacial score (nSPS) is 27.5. The summed E-state index contributed by atoms with van der Waals surface area (Å²) in [5, 5.41) is 7.81. The third-order valence-corrected chi connectivity index (χ3v) is 5.68. The van der Waals surface area contributed by atoms with E-state index >= 15 is 0 Å². The van der Waals surface area contributed by atoms with Crippen molar-refractivity contribution < 1.29 is 28.1 Å². The molecule has 0 saturated carbocycles. The van der Waals surface area contributed by atoms with Crippen LogP contribution in [-0.4, -0.2) is 71.4 Å². The third-order valence-electron chi connectivity index (χ3n) is 5.68. The van der Waals surface area contributed by atoms with Crippen molar-refractivity contribution >= 4 is 11.9 Å². The second kappa shape index (κ2) is 8.19. The molecule has 10 heteroatoms. The van der Waals surface area contributed by atoms with Gasteiger partial charge in [-0.05, 0) is 27.9 Å². The minimum atomic E-state index is -0.968. The maximum atomic E-state index is 12.3. The lowest BCUT2D eigenvalue weighted by Crippen LogP contribution is -2.31. The second-order valence-electron chi connectivity index (χ2n) is 8.18. The largest absolute Gasteiger partial charge is 0.453 e. The molecular formula is C20H26N4O6. The summed E-state index contributed by atoms with van der Waals surface area (Å²) in [6.07, 6.45) is 0.232. The van der Waals surface area contributed by atoms with Crippen molar-refractivity contribution in [3.8, 4) is 0 Å². The molecule has 2 aromatic rings. The van der Waals surface area contributed by atoms with E-state index in [0.29, 0.717) is 25.9 Å². The smallest absolute Gasteiger partial charge is 0.417 e. The van der Waals surface area contributed by atoms with Crippen molar-refractivity contribution in [1.29, 1.82) is 0 Å². The first kappa shape index (κ1) is 20.5. The van der Waals surface area contributed by atoms with E-state index in [1.54, 1.807) is 0 Å². The van der Waals surface area contributed by atoms with Crippen LogP contribution >= 0.6 is 0 Å². The number of hydrogen-bond donors (Lipinski definition) is 0. The Hall–Kier alpha value is -2.72. The average molecular weight is 418 g/mol. The predicted octanol–water partition coefficient (Wildman–Crippen LogP) is 1.56. The summed E-state index contributed by atoms with van der Waals surface area (Å²) in [6.45, 7) is 4.71. The predicted molar refractivity (Wildman–Crippen MR) is 102 cm³/mol. The van der Waals surface area contributed by atoms with E-state index < -0.39 is 24.1 Å². The molecule has 4 heterocycles. The van der Waals surface area contributed by atoms with E-state index in [0.717, 1.165) is 22.9 Å². The molecular weight excluding hydrogens is 392 g/mol. The topological polar surface area (TPSA) is 111 Å². The molecule has 4 atom stereocenters. The molecule has 30 heavy (non-hydrogen) atoms. The lowest BCUT2D eigenvalue weighted by atomic mass is 10.1. The van der Waals surface area contributed by atoms with Gasteiger partial charge in [0.05, 0.1) is 23.5 Å². The Balaban J connectivity index is 1.29. The zero-order chi connectivity index (χ0) is 21.4. The molecule has 0 amide bonds. The van der Waals surface area contributed by atoms with E-state index in [4.69, 9.17) is 18.5 Å². The van der Waals surface area contributed by atoms with E-state index in [9.17, 15) is 9.59 Å². The summed E-state index contributed by atoms with van der Waals surface area (Å²) in [6, 6.07) is 3.63. The van der Waals surface area contributed by atoms with Crippen LogP contribution in [0.4, 0.5) is 0 Å². The van der Waals surface area contributed by atoms with Crippen molar-refractivity contribution in [2.45, 2.75) is 51.0 Å². The molecule has 162 valence electrons. The number of nitrogens with zero attached hydrogens (tertiary/aromatic N) is 4. The average Bonchev–Trinajstić information content (AvgIpc) is 3.44. The SMILES string of the molecule is Cc1cc(C2CC(OC(=O)C(=O)OC3CC(c4cc(C)no4)N(C)C3)CN2C)on1. The summed E-state index contributed by atoms with van der Waals surface area (Å²) in [4.78, 5) is 28.6. The zero-order valence-corrected chi connectivity index (χ0v) is 17.5. The fraction of sp³-hybridized carbons (Fsp3) is 0.600. The lowest BCUT2D eigenvalue weighted by Gasteiger charge is -2.15. The van der Waals surface area contributed by atoms with Gasteiger partial charge in [-0.15, -0.1) is 0 Å². The molecule has 2 aliphatic heterocycles. The minimum Gasteiger partial charge on any atom is -0.453 e. The molecule has 4 unspecified atom stereocenters. The molecule has 4 rings (SSSR count). The first-order chi connectivity index (χ1) is 14.3. The Morgan fingerprint density at radius 1 is 0.867 bits per heavy atom. The fourth-order valence-corrected chi connectivity index (χ4v) is 4.22. The van der Waals surface area contributed by atoms with Crippen molar-refractivity contribution in [1.82, 2.24) is 20.1 Å². The summed E-state index contributed by atoms with van der Waals surface area (Å²) in [5.74, 6) is -0.494. The number of likely N-dealkylation sites (tertiary alicyclic amines) is 2. The Bertz CT molecular complexity index is 850.